The van der Waals surface area contributed by atoms with E-state index in [1.54, 1.807) is 6.07 Å². The smallest absolute Gasteiger partial charge is 0.230 e. The van der Waals surface area contributed by atoms with E-state index in [0.717, 1.165) is 22.8 Å². The third-order valence-electron chi connectivity index (χ3n) is 4.62. The quantitative estimate of drug-likeness (QED) is 0.934. The Morgan fingerprint density at radius 2 is 1.96 bits per heavy atom. The second-order valence-corrected chi connectivity index (χ2v) is 6.22. The van der Waals surface area contributed by atoms with Crippen LogP contribution in [0.5, 0.6) is 0 Å². The Kier molecular flexibility index (Phi) is 4.51. The predicted octanol–water partition coefficient (Wildman–Crippen LogP) is 2.01. The van der Waals surface area contributed by atoms with Gasteiger partial charge in [-0.1, -0.05) is 0 Å². The third-order valence-corrected chi connectivity index (χ3v) is 4.62. The van der Waals surface area contributed by atoms with Gasteiger partial charge in [-0.15, -0.1) is 0 Å². The van der Waals surface area contributed by atoms with E-state index in [9.17, 15) is 9.18 Å². The van der Waals surface area contributed by atoms with Gasteiger partial charge in [0.25, 0.3) is 0 Å². The summed E-state index contributed by atoms with van der Waals surface area (Å²) in [4.78, 5) is 20.9. The van der Waals surface area contributed by atoms with Gasteiger partial charge in [-0.25, -0.2) is 9.37 Å². The first-order valence-corrected chi connectivity index (χ1v) is 8.14. The van der Waals surface area contributed by atoms with Crippen molar-refractivity contribution < 1.29 is 9.18 Å². The van der Waals surface area contributed by atoms with Gasteiger partial charge in [-0.3, -0.25) is 9.89 Å². The fourth-order valence-electron chi connectivity index (χ4n) is 3.31. The average Bonchev–Trinajstić information content (AvgIpc) is 2.93. The van der Waals surface area contributed by atoms with Crippen molar-refractivity contribution in [3.8, 4) is 0 Å². The fourth-order valence-corrected chi connectivity index (χ4v) is 3.31. The van der Waals surface area contributed by atoms with Crippen molar-refractivity contribution in [2.75, 3.05) is 31.1 Å². The number of aromatic nitrogens is 3. The average molecular weight is 331 g/mol. The van der Waals surface area contributed by atoms with Gasteiger partial charge in [0, 0.05) is 37.4 Å². The summed E-state index contributed by atoms with van der Waals surface area (Å²) in [6.07, 6.45) is 1.22. The first-order chi connectivity index (χ1) is 11.5. The molecule has 24 heavy (non-hydrogen) atoms. The lowest BCUT2D eigenvalue weighted by molar-refractivity contribution is -0.132. The molecule has 0 aromatic carbocycles. The normalized spacial score (nSPS) is 16.3. The van der Waals surface area contributed by atoms with Gasteiger partial charge in [-0.05, 0) is 32.9 Å². The summed E-state index contributed by atoms with van der Waals surface area (Å²) < 4.78 is 13.0. The molecule has 1 aliphatic rings. The summed E-state index contributed by atoms with van der Waals surface area (Å²) in [5, 5.41) is 7.12. The van der Waals surface area contributed by atoms with Crippen LogP contribution in [0.1, 0.15) is 29.8 Å². The number of piperazine rings is 1. The maximum Gasteiger partial charge on any atom is 0.230 e. The molecule has 1 fully saturated rings. The summed E-state index contributed by atoms with van der Waals surface area (Å²) in [6.45, 7) is 8.45. The van der Waals surface area contributed by atoms with Gasteiger partial charge < -0.3 is 9.80 Å². The number of aromatic amines is 1. The molecule has 0 saturated carbocycles. The topological polar surface area (TPSA) is 65.1 Å². The molecule has 7 heteroatoms. The van der Waals surface area contributed by atoms with Crippen LogP contribution in [0.15, 0.2) is 18.3 Å². The van der Waals surface area contributed by atoms with Crippen LogP contribution in [0, 0.1) is 19.7 Å². The molecule has 1 atom stereocenters. The van der Waals surface area contributed by atoms with Crippen molar-refractivity contribution in [1.29, 1.82) is 0 Å². The molecule has 3 rings (SSSR count). The second kappa shape index (κ2) is 6.59. The molecule has 0 bridgehead atoms. The first kappa shape index (κ1) is 16.4. The van der Waals surface area contributed by atoms with Gasteiger partial charge in [0.05, 0.1) is 17.8 Å². The Morgan fingerprint density at radius 3 is 2.50 bits per heavy atom. The highest BCUT2D eigenvalue weighted by Crippen LogP contribution is 2.24. The molecular formula is C17H22FN5O. The minimum Gasteiger partial charge on any atom is -0.353 e. The van der Waals surface area contributed by atoms with E-state index in [4.69, 9.17) is 0 Å². The number of hydrogen-bond donors (Lipinski definition) is 1. The summed E-state index contributed by atoms with van der Waals surface area (Å²) in [5.74, 6) is 0.318. The molecule has 6 nitrogen and oxygen atoms in total. The van der Waals surface area contributed by atoms with Crippen molar-refractivity contribution in [2.45, 2.75) is 26.7 Å². The van der Waals surface area contributed by atoms with Crippen LogP contribution in [-0.4, -0.2) is 52.2 Å². The van der Waals surface area contributed by atoms with E-state index in [1.165, 1.54) is 12.3 Å². The molecule has 1 saturated heterocycles. The minimum atomic E-state index is -0.341. The Labute approximate surface area is 140 Å². The molecule has 0 aliphatic carbocycles. The zero-order chi connectivity index (χ0) is 17.3. The van der Waals surface area contributed by atoms with Crippen molar-refractivity contribution in [1.82, 2.24) is 20.1 Å². The molecule has 1 aliphatic heterocycles. The van der Waals surface area contributed by atoms with Crippen molar-refractivity contribution in [2.24, 2.45) is 0 Å². The monoisotopic (exact) mass is 331 g/mol. The van der Waals surface area contributed by atoms with Gasteiger partial charge in [-0.2, -0.15) is 5.10 Å². The maximum atomic E-state index is 13.0. The lowest BCUT2D eigenvalue weighted by Gasteiger charge is -2.36. The summed E-state index contributed by atoms with van der Waals surface area (Å²) in [5.41, 5.74) is 2.81. The molecule has 0 spiro atoms. The largest absolute Gasteiger partial charge is 0.353 e. The van der Waals surface area contributed by atoms with Crippen LogP contribution in [0.4, 0.5) is 10.2 Å². The van der Waals surface area contributed by atoms with E-state index in [1.807, 2.05) is 25.7 Å². The number of nitrogens with one attached hydrogen (secondary N) is 1. The fraction of sp³-hybridized carbons (Fsp3) is 0.471. The highest BCUT2D eigenvalue weighted by Gasteiger charge is 2.28. The van der Waals surface area contributed by atoms with Crippen LogP contribution in [0.25, 0.3) is 0 Å². The van der Waals surface area contributed by atoms with E-state index in [2.05, 4.69) is 20.1 Å². The van der Waals surface area contributed by atoms with Crippen LogP contribution in [-0.2, 0) is 4.79 Å². The number of carbonyl (C=O) groups excluding carboxylic acids is 1. The van der Waals surface area contributed by atoms with E-state index < -0.39 is 0 Å². The van der Waals surface area contributed by atoms with Gasteiger partial charge in [0.1, 0.15) is 11.6 Å². The van der Waals surface area contributed by atoms with Crippen LogP contribution < -0.4 is 4.90 Å². The van der Waals surface area contributed by atoms with Crippen LogP contribution in [0.3, 0.4) is 0 Å². The number of nitrogens with zero attached hydrogens (tertiary/aromatic N) is 4. The lowest BCUT2D eigenvalue weighted by atomic mass is 9.97. The number of halogens is 1. The predicted molar refractivity (Wildman–Crippen MR) is 89.5 cm³/mol. The number of hydrogen-bond acceptors (Lipinski definition) is 4. The highest BCUT2D eigenvalue weighted by atomic mass is 19.1. The molecule has 1 unspecified atom stereocenters. The number of rotatable bonds is 3. The molecule has 3 heterocycles. The summed E-state index contributed by atoms with van der Waals surface area (Å²) >= 11 is 0. The van der Waals surface area contributed by atoms with Gasteiger partial charge in [0.2, 0.25) is 5.91 Å². The maximum absolute atomic E-state index is 13.0. The van der Waals surface area contributed by atoms with E-state index in [0.29, 0.717) is 26.2 Å². The van der Waals surface area contributed by atoms with Crippen molar-refractivity contribution in [3.05, 3.63) is 41.1 Å². The number of anilines is 1. The number of H-pyrrole nitrogens is 1. The highest BCUT2D eigenvalue weighted by molar-refractivity contribution is 5.84. The molecule has 1 amide bonds. The zero-order valence-electron chi connectivity index (χ0n) is 14.2. The van der Waals surface area contributed by atoms with Crippen LogP contribution in [0.2, 0.25) is 0 Å². The Hall–Kier alpha value is -2.44. The molecular weight excluding hydrogens is 309 g/mol. The number of pyridine rings is 1. The molecule has 1 N–H and O–H groups in total. The van der Waals surface area contributed by atoms with Crippen LogP contribution >= 0.6 is 0 Å². The lowest BCUT2D eigenvalue weighted by Crippen LogP contribution is -2.50. The second-order valence-electron chi connectivity index (χ2n) is 6.22. The number of carbonyl (C=O) groups is 1. The first-order valence-electron chi connectivity index (χ1n) is 8.14. The van der Waals surface area contributed by atoms with Gasteiger partial charge in [0.15, 0.2) is 0 Å². The Morgan fingerprint density at radius 1 is 1.25 bits per heavy atom. The standard InChI is InChI=1S/C17H22FN5O/c1-11(16-12(2)20-21-13(16)3)17(24)23-8-6-22(7-9-23)15-5-4-14(18)10-19-15/h4-5,10-11H,6-9H2,1-3H3,(H,20,21). The molecule has 0 radical (unpaired) electrons. The third kappa shape index (κ3) is 3.11. The zero-order valence-corrected chi connectivity index (χ0v) is 14.2. The Balaban J connectivity index is 1.64. The minimum absolute atomic E-state index is 0.120. The van der Waals surface area contributed by atoms with Crippen molar-refractivity contribution >= 4 is 11.7 Å². The molecule has 128 valence electrons. The molecule has 2 aromatic rings. The Bertz CT molecular complexity index is 700. The number of amides is 1. The SMILES string of the molecule is Cc1n[nH]c(C)c1C(C)C(=O)N1CCN(c2ccc(F)cn2)CC1. The van der Waals surface area contributed by atoms with E-state index in [-0.39, 0.29) is 17.6 Å². The van der Waals surface area contributed by atoms with E-state index >= 15 is 0 Å². The summed E-state index contributed by atoms with van der Waals surface area (Å²) in [7, 11) is 0. The van der Waals surface area contributed by atoms with Gasteiger partial charge >= 0.3 is 0 Å². The summed E-state index contributed by atoms with van der Waals surface area (Å²) in [6, 6.07) is 3.08. The van der Waals surface area contributed by atoms with Crippen molar-refractivity contribution in [3.63, 3.8) is 0 Å². The number of aryl methyl sites for hydroxylation is 2. The molecule has 2 aromatic heterocycles.